The van der Waals surface area contributed by atoms with Gasteiger partial charge in [-0.3, -0.25) is 0 Å². The zero-order valence-corrected chi connectivity index (χ0v) is 9.93. The molecule has 2 aromatic heterocycles. The quantitative estimate of drug-likeness (QED) is 0.908. The maximum Gasteiger partial charge on any atom is 0.109 e. The summed E-state index contributed by atoms with van der Waals surface area (Å²) in [6, 6.07) is 1.80. The first kappa shape index (κ1) is 9.96. The predicted molar refractivity (Wildman–Crippen MR) is 59.5 cm³/mol. The first-order valence-electron chi connectivity index (χ1n) is 4.14. The molecule has 2 nitrogen and oxygen atoms in total. The number of halogens is 1. The number of hydrogen-bond acceptors (Lipinski definition) is 3. The van der Waals surface area contributed by atoms with E-state index in [1.165, 1.54) is 0 Å². The number of aliphatic hydroxyl groups is 1. The van der Waals surface area contributed by atoms with Gasteiger partial charge in [0.25, 0.3) is 0 Å². The van der Waals surface area contributed by atoms with Crippen molar-refractivity contribution in [2.45, 2.75) is 13.0 Å². The van der Waals surface area contributed by atoms with E-state index < -0.39 is 6.10 Å². The average molecular weight is 273 g/mol. The minimum absolute atomic E-state index is 0.602. The first-order chi connectivity index (χ1) is 6.70. The standard InChI is InChI=1S/C10H9BrO2S/c1-6-7(2-3-13-6)10(12)8-4-14-5-9(8)11/h2-5,10,12H,1H3. The summed E-state index contributed by atoms with van der Waals surface area (Å²) in [6.07, 6.45) is 0.989. The van der Waals surface area contributed by atoms with Crippen LogP contribution in [-0.2, 0) is 0 Å². The van der Waals surface area contributed by atoms with Gasteiger partial charge in [-0.05, 0) is 34.3 Å². The molecule has 0 aliphatic rings. The molecule has 0 bridgehead atoms. The van der Waals surface area contributed by atoms with Gasteiger partial charge in [0.05, 0.1) is 6.26 Å². The lowest BCUT2D eigenvalue weighted by atomic mass is 10.1. The van der Waals surface area contributed by atoms with Crippen LogP contribution in [0.15, 0.2) is 32.0 Å². The van der Waals surface area contributed by atoms with Gasteiger partial charge in [-0.1, -0.05) is 0 Å². The molecular formula is C10H9BrO2S. The number of hydrogen-bond donors (Lipinski definition) is 1. The monoisotopic (exact) mass is 272 g/mol. The molecule has 14 heavy (non-hydrogen) atoms. The summed E-state index contributed by atoms with van der Waals surface area (Å²) in [6.45, 7) is 1.85. The minimum atomic E-state index is -0.602. The lowest BCUT2D eigenvalue weighted by Gasteiger charge is -2.08. The van der Waals surface area contributed by atoms with Gasteiger partial charge in [-0.15, -0.1) is 0 Å². The molecule has 0 aliphatic carbocycles. The molecule has 0 spiro atoms. The lowest BCUT2D eigenvalue weighted by Crippen LogP contribution is -1.98. The summed E-state index contributed by atoms with van der Waals surface area (Å²) in [5, 5.41) is 13.9. The highest BCUT2D eigenvalue weighted by Gasteiger charge is 2.17. The minimum Gasteiger partial charge on any atom is -0.469 e. The Kier molecular flexibility index (Phi) is 2.76. The van der Waals surface area contributed by atoms with Crippen molar-refractivity contribution in [2.24, 2.45) is 0 Å². The van der Waals surface area contributed by atoms with Gasteiger partial charge in [-0.25, -0.2) is 0 Å². The van der Waals surface area contributed by atoms with Crippen LogP contribution in [0, 0.1) is 6.92 Å². The first-order valence-corrected chi connectivity index (χ1v) is 5.87. The van der Waals surface area contributed by atoms with Gasteiger partial charge >= 0.3 is 0 Å². The maximum absolute atomic E-state index is 10.0. The van der Waals surface area contributed by atoms with Crippen molar-refractivity contribution in [1.29, 1.82) is 0 Å². The van der Waals surface area contributed by atoms with Crippen LogP contribution in [0.2, 0.25) is 0 Å². The highest BCUT2D eigenvalue weighted by atomic mass is 79.9. The number of aliphatic hydroxyl groups excluding tert-OH is 1. The largest absolute Gasteiger partial charge is 0.469 e. The molecule has 0 fully saturated rings. The second kappa shape index (κ2) is 3.88. The van der Waals surface area contributed by atoms with E-state index in [1.807, 2.05) is 17.7 Å². The summed E-state index contributed by atoms with van der Waals surface area (Å²) < 4.78 is 6.09. The van der Waals surface area contributed by atoms with Gasteiger partial charge in [0.2, 0.25) is 0 Å². The van der Waals surface area contributed by atoms with Crippen molar-refractivity contribution >= 4 is 27.3 Å². The van der Waals surface area contributed by atoms with Crippen molar-refractivity contribution in [2.75, 3.05) is 0 Å². The van der Waals surface area contributed by atoms with E-state index in [1.54, 1.807) is 23.7 Å². The van der Waals surface area contributed by atoms with E-state index in [-0.39, 0.29) is 0 Å². The van der Waals surface area contributed by atoms with Crippen molar-refractivity contribution in [3.63, 3.8) is 0 Å². The van der Waals surface area contributed by atoms with Crippen molar-refractivity contribution in [3.8, 4) is 0 Å². The Labute approximate surface area is 94.3 Å². The Bertz CT molecular complexity index is 393. The topological polar surface area (TPSA) is 33.4 Å². The van der Waals surface area contributed by atoms with Gasteiger partial charge in [-0.2, -0.15) is 11.3 Å². The van der Waals surface area contributed by atoms with E-state index in [4.69, 9.17) is 4.42 Å². The second-order valence-corrected chi connectivity index (χ2v) is 4.61. The fraction of sp³-hybridized carbons (Fsp3) is 0.200. The molecule has 0 radical (unpaired) electrons. The molecule has 0 aromatic carbocycles. The summed E-state index contributed by atoms with van der Waals surface area (Å²) in [4.78, 5) is 0. The van der Waals surface area contributed by atoms with Crippen molar-refractivity contribution in [1.82, 2.24) is 0 Å². The van der Waals surface area contributed by atoms with Crippen LogP contribution >= 0.6 is 27.3 Å². The number of thiophene rings is 1. The summed E-state index contributed by atoms with van der Waals surface area (Å²) in [5.41, 5.74) is 1.71. The van der Waals surface area contributed by atoms with Gasteiger partial charge < -0.3 is 9.52 Å². The van der Waals surface area contributed by atoms with Crippen LogP contribution in [-0.4, -0.2) is 5.11 Å². The molecule has 1 unspecified atom stereocenters. The fourth-order valence-electron chi connectivity index (χ4n) is 1.33. The molecule has 0 aliphatic heterocycles. The van der Waals surface area contributed by atoms with Gasteiger partial charge in [0, 0.05) is 21.0 Å². The van der Waals surface area contributed by atoms with Crippen LogP contribution in [0.4, 0.5) is 0 Å². The summed E-state index contributed by atoms with van der Waals surface area (Å²) >= 11 is 4.96. The molecule has 2 heterocycles. The van der Waals surface area contributed by atoms with Gasteiger partial charge in [0.15, 0.2) is 0 Å². The molecule has 0 saturated carbocycles. The Hall–Kier alpha value is -0.580. The average Bonchev–Trinajstić information content (AvgIpc) is 2.73. The summed E-state index contributed by atoms with van der Waals surface area (Å²) in [5.74, 6) is 0.760. The van der Waals surface area contributed by atoms with Gasteiger partial charge in [0.1, 0.15) is 11.9 Å². The van der Waals surface area contributed by atoms with Crippen LogP contribution in [0.5, 0.6) is 0 Å². The van der Waals surface area contributed by atoms with E-state index in [0.29, 0.717) is 0 Å². The Morgan fingerprint density at radius 2 is 2.21 bits per heavy atom. The Balaban J connectivity index is 2.38. The zero-order valence-electron chi connectivity index (χ0n) is 7.53. The molecular weight excluding hydrogens is 264 g/mol. The van der Waals surface area contributed by atoms with Crippen molar-refractivity contribution < 1.29 is 9.52 Å². The van der Waals surface area contributed by atoms with Crippen LogP contribution in [0.1, 0.15) is 23.0 Å². The zero-order chi connectivity index (χ0) is 10.1. The number of aryl methyl sites for hydroxylation is 1. The molecule has 4 heteroatoms. The molecule has 0 saturated heterocycles. The lowest BCUT2D eigenvalue weighted by molar-refractivity contribution is 0.217. The predicted octanol–water partition coefficient (Wildman–Crippen LogP) is 3.49. The molecule has 74 valence electrons. The molecule has 1 N–H and O–H groups in total. The third-order valence-corrected chi connectivity index (χ3v) is 3.88. The Morgan fingerprint density at radius 3 is 2.71 bits per heavy atom. The molecule has 0 amide bonds. The van der Waals surface area contributed by atoms with E-state index in [0.717, 1.165) is 21.4 Å². The molecule has 2 aromatic rings. The van der Waals surface area contributed by atoms with Crippen molar-refractivity contribution in [3.05, 3.63) is 44.4 Å². The molecule has 1 atom stereocenters. The van der Waals surface area contributed by atoms with E-state index in [2.05, 4.69) is 15.9 Å². The van der Waals surface area contributed by atoms with Crippen LogP contribution in [0.25, 0.3) is 0 Å². The van der Waals surface area contributed by atoms with E-state index in [9.17, 15) is 5.11 Å². The second-order valence-electron chi connectivity index (χ2n) is 3.01. The highest BCUT2D eigenvalue weighted by Crippen LogP contribution is 2.32. The maximum atomic E-state index is 10.0. The smallest absolute Gasteiger partial charge is 0.109 e. The number of rotatable bonds is 2. The SMILES string of the molecule is Cc1occc1C(O)c1cscc1Br. The molecule has 2 rings (SSSR count). The third kappa shape index (κ3) is 1.65. The Morgan fingerprint density at radius 1 is 1.43 bits per heavy atom. The third-order valence-electron chi connectivity index (χ3n) is 2.13. The number of furan rings is 1. The van der Waals surface area contributed by atoms with E-state index >= 15 is 0 Å². The normalized spacial score (nSPS) is 13.1. The highest BCUT2D eigenvalue weighted by molar-refractivity contribution is 9.10. The van der Waals surface area contributed by atoms with Crippen LogP contribution < -0.4 is 0 Å². The van der Waals surface area contributed by atoms with Crippen LogP contribution in [0.3, 0.4) is 0 Å². The summed E-state index contributed by atoms with van der Waals surface area (Å²) in [7, 11) is 0. The fourth-order valence-corrected chi connectivity index (χ4v) is 2.87.